The fraction of sp³-hybridized carbons (Fsp3) is 0. The number of benzene rings is 2. The number of nitro groups is 1. The molecule has 0 aliphatic carbocycles. The van der Waals surface area contributed by atoms with Crippen LogP contribution in [-0.4, -0.2) is 9.91 Å². The zero-order chi connectivity index (χ0) is 13.4. The first-order valence-corrected chi connectivity index (χ1v) is 5.83. The number of hydrogen-bond acceptors (Lipinski definition) is 4. The zero-order valence-corrected chi connectivity index (χ0v) is 10.3. The minimum atomic E-state index is -0.484. The van der Waals surface area contributed by atoms with E-state index in [4.69, 9.17) is 16.0 Å². The van der Waals surface area contributed by atoms with E-state index in [1.165, 1.54) is 18.2 Å². The van der Waals surface area contributed by atoms with Crippen LogP contribution in [0.4, 0.5) is 5.69 Å². The second-order valence-corrected chi connectivity index (χ2v) is 4.32. The van der Waals surface area contributed by atoms with Gasteiger partial charge in [0.1, 0.15) is 5.52 Å². The highest BCUT2D eigenvalue weighted by molar-refractivity contribution is 6.33. The van der Waals surface area contributed by atoms with Gasteiger partial charge in [0.05, 0.1) is 15.5 Å². The Balaban J connectivity index is 2.20. The van der Waals surface area contributed by atoms with Gasteiger partial charge >= 0.3 is 0 Å². The predicted octanol–water partition coefficient (Wildman–Crippen LogP) is 4.06. The van der Waals surface area contributed by atoms with Crippen LogP contribution in [0.1, 0.15) is 0 Å². The number of fused-ring (bicyclic) bond motifs is 1. The predicted molar refractivity (Wildman–Crippen MR) is 71.1 cm³/mol. The molecule has 0 saturated heterocycles. The van der Waals surface area contributed by atoms with Crippen molar-refractivity contribution in [3.05, 3.63) is 57.6 Å². The van der Waals surface area contributed by atoms with Crippen LogP contribution in [0.3, 0.4) is 0 Å². The Kier molecular flexibility index (Phi) is 2.68. The van der Waals surface area contributed by atoms with E-state index < -0.39 is 4.92 Å². The molecule has 0 aliphatic heterocycles. The number of nitro benzene ring substituents is 1. The molecule has 3 rings (SSSR count). The number of non-ortho nitro benzene ring substituents is 1. The monoisotopic (exact) mass is 274 g/mol. The molecule has 19 heavy (non-hydrogen) atoms. The average molecular weight is 275 g/mol. The van der Waals surface area contributed by atoms with E-state index in [9.17, 15) is 10.1 Å². The topological polar surface area (TPSA) is 69.2 Å². The highest BCUT2D eigenvalue weighted by atomic mass is 35.5. The van der Waals surface area contributed by atoms with Gasteiger partial charge in [0.15, 0.2) is 5.58 Å². The van der Waals surface area contributed by atoms with Crippen molar-refractivity contribution in [1.82, 2.24) is 4.98 Å². The average Bonchev–Trinajstić information content (AvgIpc) is 2.82. The molecule has 0 fully saturated rings. The minimum absolute atomic E-state index is 0.0540. The minimum Gasteiger partial charge on any atom is -0.436 e. The molecule has 94 valence electrons. The largest absolute Gasteiger partial charge is 0.436 e. The Morgan fingerprint density at radius 2 is 2.00 bits per heavy atom. The van der Waals surface area contributed by atoms with Gasteiger partial charge in [-0.15, -0.1) is 0 Å². The lowest BCUT2D eigenvalue weighted by Crippen LogP contribution is -1.89. The molecule has 0 spiro atoms. The Morgan fingerprint density at radius 3 is 2.74 bits per heavy atom. The molecule has 0 unspecified atom stereocenters. The highest BCUT2D eigenvalue weighted by Crippen LogP contribution is 2.32. The van der Waals surface area contributed by atoms with Crippen molar-refractivity contribution in [2.75, 3.05) is 0 Å². The van der Waals surface area contributed by atoms with Crippen LogP contribution in [0, 0.1) is 10.1 Å². The van der Waals surface area contributed by atoms with E-state index in [1.807, 2.05) is 12.1 Å². The Hall–Kier alpha value is -2.40. The maximum atomic E-state index is 10.8. The molecule has 1 heterocycles. The molecule has 0 atom stereocenters. The Morgan fingerprint density at radius 1 is 1.21 bits per heavy atom. The molecule has 0 saturated carbocycles. The first kappa shape index (κ1) is 11.7. The van der Waals surface area contributed by atoms with E-state index >= 15 is 0 Å². The van der Waals surface area contributed by atoms with E-state index in [2.05, 4.69) is 4.98 Å². The number of aromatic nitrogens is 1. The van der Waals surface area contributed by atoms with Crippen LogP contribution in [0.15, 0.2) is 46.9 Å². The molecule has 2 aromatic carbocycles. The van der Waals surface area contributed by atoms with E-state index in [0.717, 1.165) is 0 Å². The van der Waals surface area contributed by atoms with E-state index in [0.29, 0.717) is 21.7 Å². The number of rotatable bonds is 2. The number of oxazole rings is 1. The lowest BCUT2D eigenvalue weighted by Gasteiger charge is -1.99. The summed E-state index contributed by atoms with van der Waals surface area (Å²) in [5.74, 6) is 0.273. The van der Waals surface area contributed by atoms with Crippen LogP contribution in [0.2, 0.25) is 5.02 Å². The van der Waals surface area contributed by atoms with Crippen LogP contribution in [0.5, 0.6) is 0 Å². The van der Waals surface area contributed by atoms with Gasteiger partial charge in [-0.25, -0.2) is 4.98 Å². The van der Waals surface area contributed by atoms with Gasteiger partial charge in [-0.05, 0) is 18.2 Å². The zero-order valence-electron chi connectivity index (χ0n) is 9.54. The smallest absolute Gasteiger partial charge is 0.270 e. The second-order valence-electron chi connectivity index (χ2n) is 3.91. The molecule has 1 aromatic heterocycles. The van der Waals surface area contributed by atoms with Gasteiger partial charge in [0.25, 0.3) is 5.69 Å². The molecular formula is C13H7ClN2O3. The maximum Gasteiger partial charge on any atom is 0.270 e. The number of para-hydroxylation sites is 2. The number of halogens is 1. The third kappa shape index (κ3) is 2.04. The van der Waals surface area contributed by atoms with Crippen molar-refractivity contribution in [1.29, 1.82) is 0 Å². The van der Waals surface area contributed by atoms with Crippen molar-refractivity contribution < 1.29 is 9.34 Å². The first-order valence-electron chi connectivity index (χ1n) is 5.45. The summed E-state index contributed by atoms with van der Waals surface area (Å²) in [5, 5.41) is 11.1. The van der Waals surface area contributed by atoms with E-state index in [1.54, 1.807) is 12.1 Å². The second kappa shape index (κ2) is 4.37. The van der Waals surface area contributed by atoms with Gasteiger partial charge in [0, 0.05) is 12.1 Å². The third-order valence-corrected chi connectivity index (χ3v) is 3.01. The Labute approximate surface area is 112 Å². The van der Waals surface area contributed by atoms with Gasteiger partial charge in [-0.1, -0.05) is 23.7 Å². The third-order valence-electron chi connectivity index (χ3n) is 2.69. The van der Waals surface area contributed by atoms with Crippen LogP contribution >= 0.6 is 11.6 Å². The summed E-state index contributed by atoms with van der Waals surface area (Å²) in [6.07, 6.45) is 0. The fourth-order valence-electron chi connectivity index (χ4n) is 1.78. The molecule has 0 bridgehead atoms. The molecule has 0 radical (unpaired) electrons. The van der Waals surface area contributed by atoms with Crippen LogP contribution in [0.25, 0.3) is 22.6 Å². The Bertz CT molecular complexity index is 749. The highest BCUT2D eigenvalue weighted by Gasteiger charge is 2.15. The lowest BCUT2D eigenvalue weighted by atomic mass is 10.2. The number of nitrogens with zero attached hydrogens (tertiary/aromatic N) is 2. The van der Waals surface area contributed by atoms with Gasteiger partial charge in [-0.2, -0.15) is 0 Å². The molecular weight excluding hydrogens is 268 g/mol. The van der Waals surface area contributed by atoms with Crippen molar-refractivity contribution in [3.63, 3.8) is 0 Å². The summed E-state index contributed by atoms with van der Waals surface area (Å²) >= 11 is 6.04. The van der Waals surface area contributed by atoms with Gasteiger partial charge in [0.2, 0.25) is 5.89 Å². The SMILES string of the molecule is O=[N+]([O-])c1ccc(Cl)c(-c2nc3ccccc3o2)c1. The summed E-state index contributed by atoms with van der Waals surface area (Å²) in [5.41, 5.74) is 1.65. The van der Waals surface area contributed by atoms with Crippen molar-refractivity contribution in [2.45, 2.75) is 0 Å². The summed E-state index contributed by atoms with van der Waals surface area (Å²) < 4.78 is 5.55. The molecule has 0 N–H and O–H groups in total. The van der Waals surface area contributed by atoms with Crippen LogP contribution in [-0.2, 0) is 0 Å². The number of hydrogen-bond donors (Lipinski definition) is 0. The fourth-order valence-corrected chi connectivity index (χ4v) is 1.98. The van der Waals surface area contributed by atoms with E-state index in [-0.39, 0.29) is 11.6 Å². The normalized spacial score (nSPS) is 10.8. The van der Waals surface area contributed by atoms with Crippen molar-refractivity contribution in [2.24, 2.45) is 0 Å². The molecule has 0 amide bonds. The van der Waals surface area contributed by atoms with Gasteiger partial charge in [-0.3, -0.25) is 10.1 Å². The maximum absolute atomic E-state index is 10.8. The standard InChI is InChI=1S/C13H7ClN2O3/c14-10-6-5-8(16(17)18)7-9(10)13-15-11-3-1-2-4-12(11)19-13/h1-7H. The summed E-state index contributed by atoms with van der Waals surface area (Å²) in [6, 6.07) is 11.4. The lowest BCUT2D eigenvalue weighted by molar-refractivity contribution is -0.384. The summed E-state index contributed by atoms with van der Waals surface area (Å²) in [6.45, 7) is 0. The van der Waals surface area contributed by atoms with Crippen molar-refractivity contribution in [3.8, 4) is 11.5 Å². The first-order chi connectivity index (χ1) is 9.15. The summed E-state index contributed by atoms with van der Waals surface area (Å²) in [7, 11) is 0. The van der Waals surface area contributed by atoms with Gasteiger partial charge < -0.3 is 4.42 Å². The summed E-state index contributed by atoms with van der Waals surface area (Å²) in [4.78, 5) is 14.6. The molecule has 5 nitrogen and oxygen atoms in total. The van der Waals surface area contributed by atoms with Crippen molar-refractivity contribution >= 4 is 28.4 Å². The van der Waals surface area contributed by atoms with Crippen LogP contribution < -0.4 is 0 Å². The molecule has 0 aliphatic rings. The molecule has 6 heteroatoms. The quantitative estimate of drug-likeness (QED) is 0.522. The molecule has 3 aromatic rings.